The van der Waals surface area contributed by atoms with Gasteiger partial charge in [-0.1, -0.05) is 0 Å². The van der Waals surface area contributed by atoms with E-state index in [0.29, 0.717) is 0 Å². The van der Waals surface area contributed by atoms with Crippen LogP contribution < -0.4 is 5.32 Å². The van der Waals surface area contributed by atoms with Crippen molar-refractivity contribution >= 4 is 37.7 Å². The van der Waals surface area contributed by atoms with Gasteiger partial charge in [-0.25, -0.2) is 0 Å². The van der Waals surface area contributed by atoms with Crippen molar-refractivity contribution in [1.82, 2.24) is 5.32 Å². The summed E-state index contributed by atoms with van der Waals surface area (Å²) < 4.78 is 0. The van der Waals surface area contributed by atoms with Crippen LogP contribution in [0.1, 0.15) is 0 Å². The molecule has 4 atom stereocenters. The van der Waals surface area contributed by atoms with Crippen LogP contribution >= 0.6 is 0 Å². The molecule has 0 aliphatic carbocycles. The summed E-state index contributed by atoms with van der Waals surface area (Å²) in [6, 6.07) is 0. The van der Waals surface area contributed by atoms with Gasteiger partial charge in [0.05, 0.1) is 12.7 Å². The van der Waals surface area contributed by atoms with Gasteiger partial charge >= 0.3 is 37.7 Å². The topological polar surface area (TPSA) is 113 Å². The number of likely N-dealkylation sites (N-methyl/N-ethyl adjacent to an activating group) is 1. The Bertz CT molecular complexity index is 139. The molecule has 0 aliphatic heterocycles. The molecule has 0 rings (SSSR count). The first kappa shape index (κ1) is 17.4. The molecule has 0 aliphatic rings. The maximum absolute atomic E-state index is 9.21. The van der Waals surface area contributed by atoms with Crippen LogP contribution in [0.2, 0.25) is 0 Å². The van der Waals surface area contributed by atoms with E-state index in [4.69, 9.17) is 20.4 Å². The summed E-state index contributed by atoms with van der Waals surface area (Å²) in [6.07, 6.45) is -5.65. The molecule has 0 aromatic rings. The minimum atomic E-state index is -1.55. The molecule has 0 spiro atoms. The van der Waals surface area contributed by atoms with Gasteiger partial charge in [0.2, 0.25) is 0 Å². The summed E-state index contributed by atoms with van der Waals surface area (Å²) in [6.45, 7) is -0.569. The Morgan fingerprint density at radius 3 is 1.79 bits per heavy atom. The predicted octanol–water partition coefficient (Wildman–Crippen LogP) is -4.27. The second-order valence-corrected chi connectivity index (χ2v) is 2.86. The summed E-state index contributed by atoms with van der Waals surface area (Å²) in [4.78, 5) is 0. The Kier molecular flexibility index (Phi) is 11.5. The van der Waals surface area contributed by atoms with E-state index >= 15 is 0 Å². The van der Waals surface area contributed by atoms with Gasteiger partial charge < -0.3 is 30.8 Å². The first-order chi connectivity index (χ1) is 6.04. The molecule has 0 amide bonds. The molecule has 0 bridgehead atoms. The molecule has 0 heterocycles. The SMILES string of the molecule is CNC[C@H](O)[C@@H](O)[C@H](O)[C@H](O)CO.[CaH2]. The van der Waals surface area contributed by atoms with E-state index in [1.165, 1.54) is 0 Å². The molecule has 0 aromatic carbocycles. The summed E-state index contributed by atoms with van der Waals surface area (Å²) in [5, 5.41) is 47.5. The van der Waals surface area contributed by atoms with Crippen LogP contribution in [0.4, 0.5) is 0 Å². The van der Waals surface area contributed by atoms with E-state index in [1.807, 2.05) is 0 Å². The van der Waals surface area contributed by atoms with Crippen molar-refractivity contribution in [1.29, 1.82) is 0 Å². The number of hydrogen-bond donors (Lipinski definition) is 6. The Balaban J connectivity index is 0. The maximum atomic E-state index is 9.21. The zero-order chi connectivity index (χ0) is 10.4. The second-order valence-electron chi connectivity index (χ2n) is 2.86. The van der Waals surface area contributed by atoms with Crippen molar-refractivity contribution < 1.29 is 25.5 Å². The van der Waals surface area contributed by atoms with Crippen LogP contribution in [0.15, 0.2) is 0 Å². The number of aliphatic hydroxyl groups is 5. The van der Waals surface area contributed by atoms with Crippen molar-refractivity contribution in [2.45, 2.75) is 24.4 Å². The van der Waals surface area contributed by atoms with E-state index in [9.17, 15) is 5.11 Å². The third kappa shape index (κ3) is 5.79. The van der Waals surface area contributed by atoms with Crippen LogP contribution in [-0.4, -0.2) is 108 Å². The van der Waals surface area contributed by atoms with E-state index in [0.717, 1.165) is 0 Å². The monoisotopic (exact) mass is 237 g/mol. The Labute approximate surface area is 113 Å². The van der Waals surface area contributed by atoms with E-state index in [1.54, 1.807) is 7.05 Å². The van der Waals surface area contributed by atoms with Crippen LogP contribution in [0, 0.1) is 0 Å². The van der Waals surface area contributed by atoms with Crippen molar-refractivity contribution in [3.8, 4) is 0 Å². The number of rotatable bonds is 6. The van der Waals surface area contributed by atoms with Gasteiger partial charge in [-0.2, -0.15) is 0 Å². The van der Waals surface area contributed by atoms with Crippen LogP contribution in [0.5, 0.6) is 0 Å². The van der Waals surface area contributed by atoms with Crippen molar-refractivity contribution in [2.75, 3.05) is 20.2 Å². The Hall–Kier alpha value is 1.02. The van der Waals surface area contributed by atoms with Gasteiger partial charge in [-0.3, -0.25) is 0 Å². The first-order valence-corrected chi connectivity index (χ1v) is 4.02. The molecule has 0 unspecified atom stereocenters. The van der Waals surface area contributed by atoms with E-state index in [-0.39, 0.29) is 44.3 Å². The first-order valence-electron chi connectivity index (χ1n) is 4.02. The average molecular weight is 237 g/mol. The molecule has 84 valence electrons. The normalized spacial score (nSPS) is 19.3. The molecule has 0 fully saturated rings. The quantitative estimate of drug-likeness (QED) is 0.261. The molecule has 0 aromatic heterocycles. The van der Waals surface area contributed by atoms with Gasteiger partial charge in [-0.05, 0) is 7.05 Å². The van der Waals surface area contributed by atoms with E-state index in [2.05, 4.69) is 5.32 Å². The average Bonchev–Trinajstić information content (AvgIpc) is 2.14. The number of aliphatic hydroxyl groups excluding tert-OH is 5. The van der Waals surface area contributed by atoms with Crippen molar-refractivity contribution in [3.63, 3.8) is 0 Å². The molecule has 0 saturated carbocycles. The Morgan fingerprint density at radius 2 is 1.43 bits per heavy atom. The molecule has 0 radical (unpaired) electrons. The zero-order valence-corrected chi connectivity index (χ0v) is 7.46. The van der Waals surface area contributed by atoms with E-state index < -0.39 is 31.0 Å². The van der Waals surface area contributed by atoms with Crippen LogP contribution in [0.25, 0.3) is 0 Å². The summed E-state index contributed by atoms with van der Waals surface area (Å²) in [7, 11) is 1.57. The summed E-state index contributed by atoms with van der Waals surface area (Å²) >= 11 is 0. The fourth-order valence-electron chi connectivity index (χ4n) is 0.893. The van der Waals surface area contributed by atoms with Crippen LogP contribution in [-0.2, 0) is 0 Å². The fraction of sp³-hybridized carbons (Fsp3) is 1.00. The molecular formula is C7H19CaNO5. The molecule has 6 N–H and O–H groups in total. The van der Waals surface area contributed by atoms with Gasteiger partial charge in [0.1, 0.15) is 18.3 Å². The van der Waals surface area contributed by atoms with Gasteiger partial charge in [0.25, 0.3) is 0 Å². The van der Waals surface area contributed by atoms with Gasteiger partial charge in [0.15, 0.2) is 0 Å². The number of hydrogen-bond acceptors (Lipinski definition) is 6. The van der Waals surface area contributed by atoms with Gasteiger partial charge in [0, 0.05) is 6.54 Å². The minimum absolute atomic E-state index is 0. The molecular weight excluding hydrogens is 218 g/mol. The molecule has 0 saturated heterocycles. The van der Waals surface area contributed by atoms with Gasteiger partial charge in [-0.15, -0.1) is 0 Å². The fourth-order valence-corrected chi connectivity index (χ4v) is 0.893. The molecule has 14 heavy (non-hydrogen) atoms. The second kappa shape index (κ2) is 9.26. The zero-order valence-electron chi connectivity index (χ0n) is 7.46. The standard InChI is InChI=1S/C7H17NO5.Ca.2H/c1-8-2-4(10)6(12)7(13)5(11)3-9;;;/h4-13H,2-3H2,1H3;;;/t4-,5+,6+,7+;;;/m0.../s1. The molecule has 7 heteroatoms. The third-order valence-electron chi connectivity index (χ3n) is 1.74. The van der Waals surface area contributed by atoms with Crippen molar-refractivity contribution in [2.24, 2.45) is 0 Å². The predicted molar refractivity (Wildman–Crippen MR) is 53.6 cm³/mol. The summed E-state index contributed by atoms with van der Waals surface area (Å²) in [5.74, 6) is 0. The third-order valence-corrected chi connectivity index (χ3v) is 1.74. The number of nitrogens with one attached hydrogen (secondary N) is 1. The molecule has 6 nitrogen and oxygen atoms in total. The Morgan fingerprint density at radius 1 is 1.00 bits per heavy atom. The van der Waals surface area contributed by atoms with Crippen LogP contribution in [0.3, 0.4) is 0 Å². The summed E-state index contributed by atoms with van der Waals surface area (Å²) in [5.41, 5.74) is 0. The van der Waals surface area contributed by atoms with Crippen molar-refractivity contribution in [3.05, 3.63) is 0 Å².